The first kappa shape index (κ1) is 26.5. The van der Waals surface area contributed by atoms with E-state index in [1.165, 1.54) is 0 Å². The lowest BCUT2D eigenvalue weighted by atomic mass is 10.00. The molecule has 1 saturated carbocycles. The van der Waals surface area contributed by atoms with Crippen molar-refractivity contribution in [3.05, 3.63) is 0 Å². The maximum absolute atomic E-state index is 12.8. The van der Waals surface area contributed by atoms with Crippen molar-refractivity contribution in [1.82, 2.24) is 0 Å². The van der Waals surface area contributed by atoms with Crippen LogP contribution in [0.15, 0.2) is 0 Å². The van der Waals surface area contributed by atoms with Crippen molar-refractivity contribution < 1.29 is 23.5 Å². The zero-order chi connectivity index (χ0) is 23.4. The Morgan fingerprint density at radius 1 is 0.897 bits per heavy atom. The Bertz CT molecular complexity index is 641. The molecule has 0 aliphatic heterocycles. The number of Topliss-reactive ketones (excluding diaryl/α,β-unsaturated/α-hetero) is 1. The number of aliphatic carboxylic acids is 1. The Hall–Kier alpha value is -0.506. The molecule has 1 aliphatic rings. The SMILES string of the molecule is CC(=O)[C@@H](O[Si](C)(C)C(C)(C)C)[C@@H](O[Si](C)(C)C(C)(C)C)[C@H]1[C@@H](C(=O)O)C1(C)C. The largest absolute Gasteiger partial charge is 0.481 e. The molecule has 1 N–H and O–H groups in total. The van der Waals surface area contributed by atoms with Crippen molar-refractivity contribution in [1.29, 1.82) is 0 Å². The molecule has 0 bridgehead atoms. The summed E-state index contributed by atoms with van der Waals surface area (Å²) in [6.45, 7) is 26.9. The highest BCUT2D eigenvalue weighted by atomic mass is 28.4. The van der Waals surface area contributed by atoms with E-state index in [1.807, 2.05) is 13.8 Å². The van der Waals surface area contributed by atoms with Gasteiger partial charge in [0, 0.05) is 5.92 Å². The van der Waals surface area contributed by atoms with Crippen molar-refractivity contribution in [2.24, 2.45) is 17.3 Å². The van der Waals surface area contributed by atoms with Crippen molar-refractivity contribution >= 4 is 28.4 Å². The molecule has 1 aliphatic carbocycles. The molecule has 0 spiro atoms. The maximum atomic E-state index is 12.8. The van der Waals surface area contributed by atoms with E-state index in [0.717, 1.165) is 0 Å². The van der Waals surface area contributed by atoms with E-state index in [4.69, 9.17) is 8.85 Å². The van der Waals surface area contributed by atoms with E-state index < -0.39 is 46.1 Å². The van der Waals surface area contributed by atoms with Gasteiger partial charge >= 0.3 is 5.97 Å². The van der Waals surface area contributed by atoms with Gasteiger partial charge in [0.05, 0.1) is 12.0 Å². The van der Waals surface area contributed by atoms with E-state index in [-0.39, 0.29) is 21.8 Å². The summed E-state index contributed by atoms with van der Waals surface area (Å²) in [5.74, 6) is -1.67. The number of carboxylic acids is 1. The molecule has 0 heterocycles. The lowest BCUT2D eigenvalue weighted by molar-refractivity contribution is -0.140. The Kier molecular flexibility index (Phi) is 7.21. The van der Waals surface area contributed by atoms with E-state index in [2.05, 4.69) is 67.7 Å². The molecule has 0 amide bonds. The summed E-state index contributed by atoms with van der Waals surface area (Å²) in [5, 5.41) is 9.67. The van der Waals surface area contributed by atoms with Crippen LogP contribution in [0.5, 0.6) is 0 Å². The van der Waals surface area contributed by atoms with Crippen LogP contribution in [0.25, 0.3) is 0 Å². The highest BCUT2D eigenvalue weighted by molar-refractivity contribution is 6.74. The number of rotatable bonds is 8. The Morgan fingerprint density at radius 2 is 1.28 bits per heavy atom. The maximum Gasteiger partial charge on any atom is 0.307 e. The van der Waals surface area contributed by atoms with Crippen LogP contribution in [0.3, 0.4) is 0 Å². The number of carbonyl (C=O) groups excluding carboxylic acids is 1. The summed E-state index contributed by atoms with van der Waals surface area (Å²) in [5.41, 5.74) is -0.427. The second kappa shape index (κ2) is 7.88. The van der Waals surface area contributed by atoms with Crippen LogP contribution in [0.2, 0.25) is 36.3 Å². The molecular weight excluding hydrogens is 400 g/mol. The van der Waals surface area contributed by atoms with Crippen LogP contribution < -0.4 is 0 Å². The smallest absolute Gasteiger partial charge is 0.307 e. The van der Waals surface area contributed by atoms with Crippen LogP contribution >= 0.6 is 0 Å². The van der Waals surface area contributed by atoms with E-state index >= 15 is 0 Å². The summed E-state index contributed by atoms with van der Waals surface area (Å²) in [6, 6.07) is 0. The highest BCUT2D eigenvalue weighted by Gasteiger charge is 2.68. The molecule has 170 valence electrons. The normalized spacial score (nSPS) is 24.7. The fourth-order valence-corrected chi connectivity index (χ4v) is 6.07. The lowest BCUT2D eigenvalue weighted by Crippen LogP contribution is -2.55. The molecule has 29 heavy (non-hydrogen) atoms. The van der Waals surface area contributed by atoms with Crippen molar-refractivity contribution in [3.8, 4) is 0 Å². The Morgan fingerprint density at radius 3 is 1.55 bits per heavy atom. The number of carbonyl (C=O) groups is 2. The molecule has 0 saturated heterocycles. The quantitative estimate of drug-likeness (QED) is 0.485. The summed E-state index contributed by atoms with van der Waals surface area (Å²) >= 11 is 0. The fraction of sp³-hybridized carbons (Fsp3) is 0.909. The van der Waals surface area contributed by atoms with Gasteiger partial charge in [-0.15, -0.1) is 0 Å². The molecular formula is C22H44O5Si2. The molecule has 7 heteroatoms. The third kappa shape index (κ3) is 5.41. The van der Waals surface area contributed by atoms with Gasteiger partial charge in [0.15, 0.2) is 22.4 Å². The second-order valence-electron chi connectivity index (χ2n) is 12.4. The Labute approximate surface area is 180 Å². The van der Waals surface area contributed by atoms with Gasteiger partial charge < -0.3 is 14.0 Å². The van der Waals surface area contributed by atoms with Gasteiger partial charge in [-0.05, 0) is 48.6 Å². The van der Waals surface area contributed by atoms with Crippen LogP contribution in [-0.2, 0) is 18.4 Å². The standard InChI is InChI=1S/C22H44O5Si2/c1-14(23)17(26-28(10,11)20(2,3)4)18(27-29(12,13)21(5,6)7)15-16(19(24)25)22(15,8)9/h15-18H,1-13H3,(H,24,25)/t15-,16+,17-,18+/m1/s1. The fourth-order valence-electron chi connectivity index (χ4n) is 3.48. The first-order valence-corrected chi connectivity index (χ1v) is 16.5. The van der Waals surface area contributed by atoms with Gasteiger partial charge in [0.1, 0.15) is 6.10 Å². The molecule has 1 fully saturated rings. The zero-order valence-electron chi connectivity index (χ0n) is 20.9. The van der Waals surface area contributed by atoms with E-state index in [1.54, 1.807) is 6.92 Å². The number of hydrogen-bond acceptors (Lipinski definition) is 4. The summed E-state index contributed by atoms with van der Waals surface area (Å²) < 4.78 is 13.4. The van der Waals surface area contributed by atoms with Crippen molar-refractivity contribution in [2.75, 3.05) is 0 Å². The minimum Gasteiger partial charge on any atom is -0.481 e. The Balaban J connectivity index is 3.45. The van der Waals surface area contributed by atoms with Crippen LogP contribution in [-0.4, -0.2) is 45.7 Å². The first-order chi connectivity index (χ1) is 12.6. The summed E-state index contributed by atoms with van der Waals surface area (Å²) in [7, 11) is -4.52. The topological polar surface area (TPSA) is 72.8 Å². The molecule has 0 radical (unpaired) electrons. The highest BCUT2D eigenvalue weighted by Crippen LogP contribution is 2.62. The molecule has 1 rings (SSSR count). The third-order valence-electron chi connectivity index (χ3n) is 7.69. The first-order valence-electron chi connectivity index (χ1n) is 10.7. The van der Waals surface area contributed by atoms with Crippen molar-refractivity contribution in [3.63, 3.8) is 0 Å². The predicted octanol–water partition coefficient (Wildman–Crippen LogP) is 5.71. The third-order valence-corrected chi connectivity index (χ3v) is 16.6. The van der Waals surface area contributed by atoms with Gasteiger partial charge in [-0.2, -0.15) is 0 Å². The summed E-state index contributed by atoms with van der Waals surface area (Å²) in [4.78, 5) is 24.8. The van der Waals surface area contributed by atoms with E-state index in [0.29, 0.717) is 0 Å². The zero-order valence-corrected chi connectivity index (χ0v) is 22.9. The van der Waals surface area contributed by atoms with Gasteiger partial charge in [-0.25, -0.2) is 0 Å². The second-order valence-corrected chi connectivity index (χ2v) is 21.9. The molecule has 0 aromatic rings. The lowest BCUT2D eigenvalue weighted by Gasteiger charge is -2.45. The van der Waals surface area contributed by atoms with Crippen LogP contribution in [0, 0.1) is 17.3 Å². The van der Waals surface area contributed by atoms with Gasteiger partial charge in [-0.3, -0.25) is 9.59 Å². The van der Waals surface area contributed by atoms with Gasteiger partial charge in [0.25, 0.3) is 0 Å². The monoisotopic (exact) mass is 444 g/mol. The van der Waals surface area contributed by atoms with Gasteiger partial charge in [-0.1, -0.05) is 55.4 Å². The minimum atomic E-state index is -2.26. The average Bonchev–Trinajstić information content (AvgIpc) is 3.02. The number of carboxylic acid groups (broad SMARTS) is 1. The molecule has 0 unspecified atom stereocenters. The average molecular weight is 445 g/mol. The van der Waals surface area contributed by atoms with Gasteiger partial charge in [0.2, 0.25) is 0 Å². The molecule has 4 atom stereocenters. The molecule has 0 aromatic heterocycles. The minimum absolute atomic E-state index is 0.0543. The van der Waals surface area contributed by atoms with Crippen LogP contribution in [0.4, 0.5) is 0 Å². The predicted molar refractivity (Wildman–Crippen MR) is 123 cm³/mol. The summed E-state index contributed by atoms with van der Waals surface area (Å²) in [6.07, 6.45) is -1.28. The number of ketones is 1. The molecule has 0 aromatic carbocycles. The van der Waals surface area contributed by atoms with E-state index in [9.17, 15) is 14.7 Å². The van der Waals surface area contributed by atoms with Crippen LogP contribution in [0.1, 0.15) is 62.3 Å². The van der Waals surface area contributed by atoms with Crippen molar-refractivity contribution in [2.45, 2.75) is 111 Å². The molecule has 5 nitrogen and oxygen atoms in total. The number of hydrogen-bond donors (Lipinski definition) is 1.